The van der Waals surface area contributed by atoms with Gasteiger partial charge in [0.1, 0.15) is 0 Å². The van der Waals surface area contributed by atoms with E-state index in [-0.39, 0.29) is 4.90 Å². The van der Waals surface area contributed by atoms with Crippen LogP contribution < -0.4 is 10.5 Å². The van der Waals surface area contributed by atoms with Crippen molar-refractivity contribution >= 4 is 44.2 Å². The lowest BCUT2D eigenvalue weighted by Gasteiger charge is -2.11. The Bertz CT molecular complexity index is 1260. The molecule has 0 radical (unpaired) electrons. The molecule has 0 saturated carbocycles. The summed E-state index contributed by atoms with van der Waals surface area (Å²) in [7, 11) is -3.74. The number of hydrogen-bond acceptors (Lipinski definition) is 5. The molecule has 0 aliphatic carbocycles. The van der Waals surface area contributed by atoms with E-state index < -0.39 is 10.0 Å². The standard InChI is InChI=1S/C20H15ClN4O2S/c21-14-7-5-13(6-8-14)19-17-3-1-2-4-18(17)24-20(25-19)23-15-9-11-16(12-10-15)28(22,26)27/h1-12H,(H2,22,26,27)(H,23,24,25). The minimum Gasteiger partial charge on any atom is -0.324 e. The zero-order valence-corrected chi connectivity index (χ0v) is 16.1. The topological polar surface area (TPSA) is 98.0 Å². The van der Waals surface area contributed by atoms with Gasteiger partial charge < -0.3 is 5.32 Å². The molecule has 0 aliphatic heterocycles. The smallest absolute Gasteiger partial charge is 0.238 e. The summed E-state index contributed by atoms with van der Waals surface area (Å²) in [4.78, 5) is 9.25. The Kier molecular flexibility index (Phi) is 4.72. The molecule has 1 aromatic heterocycles. The van der Waals surface area contributed by atoms with Crippen LogP contribution in [0.4, 0.5) is 11.6 Å². The largest absolute Gasteiger partial charge is 0.324 e. The highest BCUT2D eigenvalue weighted by molar-refractivity contribution is 7.89. The predicted molar refractivity (Wildman–Crippen MR) is 111 cm³/mol. The Morgan fingerprint density at radius 3 is 2.21 bits per heavy atom. The van der Waals surface area contributed by atoms with Gasteiger partial charge in [-0.3, -0.25) is 0 Å². The van der Waals surface area contributed by atoms with Crippen LogP contribution in [0.15, 0.2) is 77.7 Å². The second kappa shape index (κ2) is 7.20. The van der Waals surface area contributed by atoms with E-state index in [1.807, 2.05) is 48.5 Å². The van der Waals surface area contributed by atoms with Gasteiger partial charge >= 0.3 is 0 Å². The number of primary sulfonamides is 1. The van der Waals surface area contributed by atoms with Crippen LogP contribution in [0.1, 0.15) is 0 Å². The summed E-state index contributed by atoms with van der Waals surface area (Å²) < 4.78 is 22.8. The highest BCUT2D eigenvalue weighted by Gasteiger charge is 2.11. The second-order valence-electron chi connectivity index (χ2n) is 6.11. The molecule has 4 aromatic rings. The van der Waals surface area contributed by atoms with E-state index >= 15 is 0 Å². The minimum absolute atomic E-state index is 0.0410. The van der Waals surface area contributed by atoms with E-state index in [1.54, 1.807) is 12.1 Å². The number of sulfonamides is 1. The lowest BCUT2D eigenvalue weighted by molar-refractivity contribution is 0.598. The molecule has 0 saturated heterocycles. The van der Waals surface area contributed by atoms with Crippen LogP contribution in [0, 0.1) is 0 Å². The van der Waals surface area contributed by atoms with Crippen molar-refractivity contribution in [2.45, 2.75) is 4.90 Å². The molecular formula is C20H15ClN4O2S. The quantitative estimate of drug-likeness (QED) is 0.521. The van der Waals surface area contributed by atoms with Crippen LogP contribution in [0.3, 0.4) is 0 Å². The highest BCUT2D eigenvalue weighted by atomic mass is 35.5. The number of rotatable bonds is 4. The van der Waals surface area contributed by atoms with Gasteiger partial charge in [-0.15, -0.1) is 0 Å². The maximum absolute atomic E-state index is 11.4. The van der Waals surface area contributed by atoms with Gasteiger partial charge in [0.15, 0.2) is 0 Å². The van der Waals surface area contributed by atoms with Gasteiger partial charge in [-0.25, -0.2) is 23.5 Å². The lowest BCUT2D eigenvalue weighted by Crippen LogP contribution is -2.11. The molecule has 0 fully saturated rings. The zero-order chi connectivity index (χ0) is 19.7. The molecule has 1 heterocycles. The third kappa shape index (κ3) is 3.82. The van der Waals surface area contributed by atoms with Crippen LogP contribution in [-0.2, 0) is 10.0 Å². The zero-order valence-electron chi connectivity index (χ0n) is 14.5. The number of anilines is 2. The summed E-state index contributed by atoms with van der Waals surface area (Å²) in [5.74, 6) is 0.395. The number of nitrogens with one attached hydrogen (secondary N) is 1. The summed E-state index contributed by atoms with van der Waals surface area (Å²) in [5.41, 5.74) is 3.11. The molecule has 0 amide bonds. The maximum Gasteiger partial charge on any atom is 0.238 e. The van der Waals surface area contributed by atoms with Crippen molar-refractivity contribution < 1.29 is 8.42 Å². The van der Waals surface area contributed by atoms with E-state index in [1.165, 1.54) is 12.1 Å². The Labute approximate surface area is 167 Å². The van der Waals surface area contributed by atoms with Crippen molar-refractivity contribution in [1.29, 1.82) is 0 Å². The van der Waals surface area contributed by atoms with E-state index in [0.29, 0.717) is 16.7 Å². The second-order valence-corrected chi connectivity index (χ2v) is 8.11. The molecule has 4 rings (SSSR count). The third-order valence-electron chi connectivity index (χ3n) is 4.16. The molecule has 0 spiro atoms. The first kappa shape index (κ1) is 18.4. The van der Waals surface area contributed by atoms with Crippen LogP contribution in [0.5, 0.6) is 0 Å². The molecule has 3 N–H and O–H groups in total. The molecule has 0 aliphatic rings. The number of halogens is 1. The normalized spacial score (nSPS) is 11.5. The van der Waals surface area contributed by atoms with E-state index in [0.717, 1.165) is 22.2 Å². The number of hydrogen-bond donors (Lipinski definition) is 2. The van der Waals surface area contributed by atoms with Crippen molar-refractivity contribution in [3.8, 4) is 11.3 Å². The maximum atomic E-state index is 11.4. The fourth-order valence-electron chi connectivity index (χ4n) is 2.82. The number of nitrogens with zero attached hydrogens (tertiary/aromatic N) is 2. The average Bonchev–Trinajstić information content (AvgIpc) is 2.68. The van der Waals surface area contributed by atoms with Gasteiger partial charge in [-0.2, -0.15) is 0 Å². The van der Waals surface area contributed by atoms with Gasteiger partial charge in [0.2, 0.25) is 16.0 Å². The summed E-state index contributed by atoms with van der Waals surface area (Å²) in [6, 6.07) is 21.2. The molecule has 28 heavy (non-hydrogen) atoms. The van der Waals surface area contributed by atoms with Crippen molar-refractivity contribution in [1.82, 2.24) is 9.97 Å². The molecular weight excluding hydrogens is 396 g/mol. The number of fused-ring (bicyclic) bond motifs is 1. The van der Waals surface area contributed by atoms with E-state index in [9.17, 15) is 8.42 Å². The number of nitrogens with two attached hydrogens (primary N) is 1. The lowest BCUT2D eigenvalue weighted by atomic mass is 10.1. The Balaban J connectivity index is 1.76. The molecule has 140 valence electrons. The molecule has 6 nitrogen and oxygen atoms in total. The molecule has 0 unspecified atom stereocenters. The average molecular weight is 411 g/mol. The number of para-hydroxylation sites is 1. The van der Waals surface area contributed by atoms with Crippen LogP contribution >= 0.6 is 11.6 Å². The summed E-state index contributed by atoms with van der Waals surface area (Å²) in [6.07, 6.45) is 0. The van der Waals surface area contributed by atoms with Gasteiger partial charge in [0, 0.05) is 21.7 Å². The number of aromatic nitrogens is 2. The van der Waals surface area contributed by atoms with Gasteiger partial charge in [0.05, 0.1) is 16.1 Å². The minimum atomic E-state index is -3.74. The fourth-order valence-corrected chi connectivity index (χ4v) is 3.46. The van der Waals surface area contributed by atoms with E-state index in [4.69, 9.17) is 16.7 Å². The van der Waals surface area contributed by atoms with Crippen LogP contribution in [0.25, 0.3) is 22.2 Å². The van der Waals surface area contributed by atoms with Gasteiger partial charge in [-0.1, -0.05) is 41.9 Å². The van der Waals surface area contributed by atoms with Crippen molar-refractivity contribution in [3.05, 3.63) is 77.8 Å². The Morgan fingerprint density at radius 2 is 1.54 bits per heavy atom. The van der Waals surface area contributed by atoms with Crippen LogP contribution in [0.2, 0.25) is 5.02 Å². The van der Waals surface area contributed by atoms with Gasteiger partial charge in [-0.05, 0) is 42.5 Å². The van der Waals surface area contributed by atoms with Crippen molar-refractivity contribution in [3.63, 3.8) is 0 Å². The predicted octanol–water partition coefficient (Wildman–Crippen LogP) is 4.34. The Morgan fingerprint density at radius 1 is 0.857 bits per heavy atom. The molecule has 8 heteroatoms. The SMILES string of the molecule is NS(=O)(=O)c1ccc(Nc2nc(-c3ccc(Cl)cc3)c3ccccc3n2)cc1. The fraction of sp³-hybridized carbons (Fsp3) is 0. The molecule has 0 atom stereocenters. The first-order chi connectivity index (χ1) is 13.4. The van der Waals surface area contributed by atoms with Crippen molar-refractivity contribution in [2.24, 2.45) is 5.14 Å². The summed E-state index contributed by atoms with van der Waals surface area (Å²) in [6.45, 7) is 0. The Hall–Kier alpha value is -3.00. The summed E-state index contributed by atoms with van der Waals surface area (Å²) >= 11 is 6.00. The summed E-state index contributed by atoms with van der Waals surface area (Å²) in [5, 5.41) is 9.81. The van der Waals surface area contributed by atoms with Crippen molar-refractivity contribution in [2.75, 3.05) is 5.32 Å². The highest BCUT2D eigenvalue weighted by Crippen LogP contribution is 2.29. The van der Waals surface area contributed by atoms with E-state index in [2.05, 4.69) is 15.3 Å². The first-order valence-electron chi connectivity index (χ1n) is 8.33. The number of benzene rings is 3. The van der Waals surface area contributed by atoms with Crippen LogP contribution in [-0.4, -0.2) is 18.4 Å². The third-order valence-corrected chi connectivity index (χ3v) is 5.34. The first-order valence-corrected chi connectivity index (χ1v) is 10.3. The van der Waals surface area contributed by atoms with Gasteiger partial charge in [0.25, 0.3) is 0 Å². The molecule has 3 aromatic carbocycles. The molecule has 0 bridgehead atoms. The monoisotopic (exact) mass is 410 g/mol.